The number of rotatable bonds is 10. The monoisotopic (exact) mass is 331 g/mol. The number of benzene rings is 2. The van der Waals surface area contributed by atoms with Crippen molar-refractivity contribution in [3.63, 3.8) is 0 Å². The fourth-order valence-electron chi connectivity index (χ4n) is 2.04. The van der Waals surface area contributed by atoms with Crippen LogP contribution in [0.25, 0.3) is 0 Å². The Morgan fingerprint density at radius 3 is 1.91 bits per heavy atom. The summed E-state index contributed by atoms with van der Waals surface area (Å²) in [5.41, 5.74) is 5.93. The molecular formula is C18H25NO3Si. The van der Waals surface area contributed by atoms with Crippen molar-refractivity contribution in [1.82, 2.24) is 0 Å². The van der Waals surface area contributed by atoms with Crippen LogP contribution in [0, 0.1) is 0 Å². The maximum atomic E-state index is 5.93. The van der Waals surface area contributed by atoms with Crippen LogP contribution in [0.15, 0.2) is 60.7 Å². The van der Waals surface area contributed by atoms with Crippen molar-refractivity contribution in [2.45, 2.75) is 32.2 Å². The lowest BCUT2D eigenvalue weighted by molar-refractivity contribution is 0.195. The molecule has 0 saturated heterocycles. The molecule has 4 nitrogen and oxygen atoms in total. The minimum atomic E-state index is -2.30. The average Bonchev–Trinajstić information content (AvgIpc) is 2.60. The third kappa shape index (κ3) is 6.86. The molecule has 0 aromatic heterocycles. The van der Waals surface area contributed by atoms with Crippen LogP contribution >= 0.6 is 0 Å². The number of para-hydroxylation sites is 2. The molecule has 124 valence electrons. The zero-order valence-corrected chi connectivity index (χ0v) is 14.7. The summed E-state index contributed by atoms with van der Waals surface area (Å²) in [6.45, 7) is 2.70. The second-order valence-corrected chi connectivity index (χ2v) is 6.71. The molecule has 0 bridgehead atoms. The van der Waals surface area contributed by atoms with Crippen LogP contribution in [0.1, 0.15) is 26.2 Å². The minimum Gasteiger partial charge on any atom is -0.494 e. The van der Waals surface area contributed by atoms with Gasteiger partial charge in [-0.1, -0.05) is 43.3 Å². The first-order valence-electron chi connectivity index (χ1n) is 8.08. The van der Waals surface area contributed by atoms with Gasteiger partial charge in [0.25, 0.3) is 0 Å². The lowest BCUT2D eigenvalue weighted by atomic mass is 10.1. The highest BCUT2D eigenvalue weighted by Crippen LogP contribution is 2.15. The van der Waals surface area contributed by atoms with Crippen molar-refractivity contribution in [3.05, 3.63) is 60.7 Å². The molecule has 5 heteroatoms. The number of nitrogens with two attached hydrogens (primary N) is 1. The molecular weight excluding hydrogens is 306 g/mol. The van der Waals surface area contributed by atoms with E-state index in [4.69, 9.17) is 19.0 Å². The van der Waals surface area contributed by atoms with Gasteiger partial charge < -0.3 is 19.0 Å². The predicted molar refractivity (Wildman–Crippen MR) is 94.7 cm³/mol. The van der Waals surface area contributed by atoms with Gasteiger partial charge in [-0.05, 0) is 43.5 Å². The number of hydrogen-bond acceptors (Lipinski definition) is 4. The van der Waals surface area contributed by atoms with Gasteiger partial charge in [-0.15, -0.1) is 0 Å². The fourth-order valence-corrected chi connectivity index (χ4v) is 3.34. The van der Waals surface area contributed by atoms with Gasteiger partial charge in [0.1, 0.15) is 11.5 Å². The van der Waals surface area contributed by atoms with Gasteiger partial charge in [-0.3, -0.25) is 0 Å². The van der Waals surface area contributed by atoms with Crippen LogP contribution < -0.4 is 14.6 Å². The molecule has 0 aliphatic heterocycles. The summed E-state index contributed by atoms with van der Waals surface area (Å²) in [7, 11) is -2.30. The van der Waals surface area contributed by atoms with E-state index in [0.29, 0.717) is 6.61 Å². The first-order valence-corrected chi connectivity index (χ1v) is 9.50. The third-order valence-electron chi connectivity index (χ3n) is 3.45. The fraction of sp³-hybridized carbons (Fsp3) is 0.333. The van der Waals surface area contributed by atoms with Crippen molar-refractivity contribution in [1.29, 1.82) is 0 Å². The van der Waals surface area contributed by atoms with Gasteiger partial charge in [-0.25, -0.2) is 0 Å². The van der Waals surface area contributed by atoms with Crippen LogP contribution in [-0.4, -0.2) is 22.2 Å². The van der Waals surface area contributed by atoms with Crippen molar-refractivity contribution in [2.75, 3.05) is 6.61 Å². The predicted octanol–water partition coefficient (Wildman–Crippen LogP) is 3.40. The largest absolute Gasteiger partial charge is 0.615 e. The molecule has 1 atom stereocenters. The van der Waals surface area contributed by atoms with E-state index in [2.05, 4.69) is 6.92 Å². The van der Waals surface area contributed by atoms with Crippen LogP contribution in [-0.2, 0) is 4.43 Å². The Morgan fingerprint density at radius 1 is 0.913 bits per heavy atom. The molecule has 2 rings (SSSR count). The highest BCUT2D eigenvalue weighted by atomic mass is 28.3. The van der Waals surface area contributed by atoms with Gasteiger partial charge >= 0.3 is 9.53 Å². The lowest BCUT2D eigenvalue weighted by Gasteiger charge is -2.19. The van der Waals surface area contributed by atoms with Crippen LogP contribution in [0.5, 0.6) is 11.5 Å². The van der Waals surface area contributed by atoms with Crippen molar-refractivity contribution < 1.29 is 13.3 Å². The second kappa shape index (κ2) is 10.0. The van der Waals surface area contributed by atoms with Gasteiger partial charge in [0.2, 0.25) is 0 Å². The normalized spacial score (nSPS) is 12.1. The van der Waals surface area contributed by atoms with E-state index in [9.17, 15) is 0 Å². The molecule has 0 amide bonds. The van der Waals surface area contributed by atoms with E-state index < -0.39 is 9.53 Å². The summed E-state index contributed by atoms with van der Waals surface area (Å²) in [6.07, 6.45) is 2.85. The van der Waals surface area contributed by atoms with Crippen LogP contribution in [0.2, 0.25) is 0 Å². The Morgan fingerprint density at radius 2 is 1.43 bits per heavy atom. The van der Waals surface area contributed by atoms with Crippen LogP contribution in [0.3, 0.4) is 0 Å². The van der Waals surface area contributed by atoms with Crippen molar-refractivity contribution in [2.24, 2.45) is 5.73 Å². The summed E-state index contributed by atoms with van der Waals surface area (Å²) >= 11 is 0. The van der Waals surface area contributed by atoms with E-state index in [1.54, 1.807) is 0 Å². The molecule has 0 radical (unpaired) electrons. The molecule has 0 saturated carbocycles. The summed E-state index contributed by atoms with van der Waals surface area (Å²) < 4.78 is 17.7. The molecule has 0 fully saturated rings. The van der Waals surface area contributed by atoms with E-state index >= 15 is 0 Å². The topological polar surface area (TPSA) is 53.7 Å². The number of hydrogen-bond donors (Lipinski definition) is 1. The van der Waals surface area contributed by atoms with Crippen molar-refractivity contribution in [3.8, 4) is 11.5 Å². The van der Waals surface area contributed by atoms with Crippen LogP contribution in [0.4, 0.5) is 0 Å². The zero-order chi connectivity index (χ0) is 16.3. The SMILES string of the molecule is CCC(N)CCCO[SiH](Oc1ccccc1)Oc1ccccc1. The molecule has 23 heavy (non-hydrogen) atoms. The quantitative estimate of drug-likeness (QED) is 0.535. The summed E-state index contributed by atoms with van der Waals surface area (Å²) in [5, 5.41) is 0. The van der Waals surface area contributed by atoms with E-state index in [0.717, 1.165) is 30.8 Å². The first-order chi connectivity index (χ1) is 11.3. The summed E-state index contributed by atoms with van der Waals surface area (Å²) in [5.74, 6) is 1.54. The molecule has 2 N–H and O–H groups in total. The lowest BCUT2D eigenvalue weighted by Crippen LogP contribution is -2.34. The zero-order valence-electron chi connectivity index (χ0n) is 13.6. The van der Waals surface area contributed by atoms with E-state index in [1.807, 2.05) is 60.7 Å². The molecule has 0 aliphatic carbocycles. The van der Waals surface area contributed by atoms with E-state index in [-0.39, 0.29) is 6.04 Å². The molecule has 0 aliphatic rings. The van der Waals surface area contributed by atoms with Gasteiger partial charge in [0.05, 0.1) is 0 Å². The summed E-state index contributed by atoms with van der Waals surface area (Å²) in [4.78, 5) is 0. The molecule has 2 aromatic rings. The third-order valence-corrected chi connectivity index (χ3v) is 4.89. The highest BCUT2D eigenvalue weighted by molar-refractivity contribution is 6.38. The molecule has 1 unspecified atom stereocenters. The molecule has 0 spiro atoms. The highest BCUT2D eigenvalue weighted by Gasteiger charge is 2.20. The van der Waals surface area contributed by atoms with E-state index in [1.165, 1.54) is 0 Å². The smallest absolute Gasteiger partial charge is 0.494 e. The minimum absolute atomic E-state index is 0.240. The van der Waals surface area contributed by atoms with Crippen molar-refractivity contribution >= 4 is 9.53 Å². The van der Waals surface area contributed by atoms with Gasteiger partial charge in [0.15, 0.2) is 0 Å². The standard InChI is InChI=1S/C18H25NO3Si/c1-2-16(19)10-9-15-20-23(21-17-11-5-3-6-12-17)22-18-13-7-4-8-14-18/h3-8,11-14,16,23H,2,9-10,15,19H2,1H3. The Balaban J connectivity index is 1.88. The summed E-state index contributed by atoms with van der Waals surface area (Å²) in [6, 6.07) is 19.5. The first kappa shape index (κ1) is 17.5. The Bertz CT molecular complexity index is 497. The molecule has 0 heterocycles. The second-order valence-electron chi connectivity index (χ2n) is 5.33. The van der Waals surface area contributed by atoms with Gasteiger partial charge in [0, 0.05) is 12.6 Å². The Kier molecular flexibility index (Phi) is 7.66. The van der Waals surface area contributed by atoms with Gasteiger partial charge in [-0.2, -0.15) is 0 Å². The maximum absolute atomic E-state index is 5.93. The molecule has 2 aromatic carbocycles. The maximum Gasteiger partial charge on any atom is 0.615 e. The average molecular weight is 331 g/mol. The Labute approximate surface area is 140 Å². The Hall–Kier alpha value is -1.82.